The molecule has 110 valence electrons. The van der Waals surface area contributed by atoms with Gasteiger partial charge in [-0.3, -0.25) is 9.59 Å². The number of rotatable bonds is 4. The highest BCUT2D eigenvalue weighted by Crippen LogP contribution is 2.18. The van der Waals surface area contributed by atoms with Crippen LogP contribution in [-0.4, -0.2) is 11.8 Å². The molecule has 3 N–H and O–H groups in total. The number of nitriles is 1. The molecule has 0 aromatic heterocycles. The van der Waals surface area contributed by atoms with Crippen molar-refractivity contribution in [1.82, 2.24) is 5.32 Å². The lowest BCUT2D eigenvalue weighted by Crippen LogP contribution is -2.28. The van der Waals surface area contributed by atoms with E-state index in [9.17, 15) is 14.9 Å². The number of nitrogens with one attached hydrogen (secondary N) is 1. The molecular weight excluding hydrogens is 302 g/mol. The van der Waals surface area contributed by atoms with Crippen LogP contribution < -0.4 is 11.1 Å². The minimum Gasteiger partial charge on any atom is -0.366 e. The highest BCUT2D eigenvalue weighted by atomic mass is 35.5. The Labute approximate surface area is 132 Å². The van der Waals surface area contributed by atoms with Crippen LogP contribution in [0.25, 0.3) is 0 Å². The van der Waals surface area contributed by atoms with Crippen molar-refractivity contribution in [3.8, 4) is 6.07 Å². The van der Waals surface area contributed by atoms with Gasteiger partial charge < -0.3 is 11.1 Å². The summed E-state index contributed by atoms with van der Waals surface area (Å²) in [7, 11) is 0. The highest BCUT2D eigenvalue weighted by molar-refractivity contribution is 6.30. The van der Waals surface area contributed by atoms with E-state index < -0.39 is 17.9 Å². The molecule has 0 spiro atoms. The largest absolute Gasteiger partial charge is 0.366 e. The molecule has 2 rings (SSSR count). The zero-order valence-electron chi connectivity index (χ0n) is 11.4. The second kappa shape index (κ2) is 6.74. The lowest BCUT2D eigenvalue weighted by atomic mass is 10.1. The summed E-state index contributed by atoms with van der Waals surface area (Å²) in [6, 6.07) is 13.8. The third kappa shape index (κ3) is 3.62. The molecular formula is C16H12ClN3O2. The molecule has 0 fully saturated rings. The van der Waals surface area contributed by atoms with E-state index in [1.807, 2.05) is 6.07 Å². The first-order valence-electron chi connectivity index (χ1n) is 6.37. The van der Waals surface area contributed by atoms with Gasteiger partial charge in [-0.15, -0.1) is 0 Å². The Bertz CT molecular complexity index is 768. The number of benzene rings is 2. The summed E-state index contributed by atoms with van der Waals surface area (Å²) in [5.41, 5.74) is 6.23. The minimum absolute atomic E-state index is 0.226. The van der Waals surface area contributed by atoms with Crippen LogP contribution in [0.3, 0.4) is 0 Å². The fourth-order valence-electron chi connectivity index (χ4n) is 1.90. The van der Waals surface area contributed by atoms with Crippen molar-refractivity contribution in [1.29, 1.82) is 5.26 Å². The number of hydrogen-bond acceptors (Lipinski definition) is 3. The van der Waals surface area contributed by atoms with Crippen LogP contribution in [0.4, 0.5) is 0 Å². The third-order valence-electron chi connectivity index (χ3n) is 3.00. The molecule has 2 aromatic carbocycles. The molecule has 2 aromatic rings. The Balaban J connectivity index is 2.21. The van der Waals surface area contributed by atoms with E-state index >= 15 is 0 Å². The zero-order valence-corrected chi connectivity index (χ0v) is 12.2. The molecule has 22 heavy (non-hydrogen) atoms. The van der Waals surface area contributed by atoms with Crippen LogP contribution in [0.2, 0.25) is 5.02 Å². The summed E-state index contributed by atoms with van der Waals surface area (Å²) >= 11 is 5.88. The van der Waals surface area contributed by atoms with Crippen LogP contribution in [0.5, 0.6) is 0 Å². The van der Waals surface area contributed by atoms with Gasteiger partial charge in [-0.05, 0) is 35.9 Å². The smallest absolute Gasteiger partial charge is 0.252 e. The van der Waals surface area contributed by atoms with Crippen molar-refractivity contribution in [3.63, 3.8) is 0 Å². The summed E-state index contributed by atoms with van der Waals surface area (Å²) < 4.78 is 0. The van der Waals surface area contributed by atoms with Crippen molar-refractivity contribution in [2.75, 3.05) is 0 Å². The molecule has 0 heterocycles. The van der Waals surface area contributed by atoms with Gasteiger partial charge in [0.2, 0.25) is 5.91 Å². The molecule has 2 amide bonds. The number of primary amides is 1. The molecule has 0 saturated carbocycles. The Kier molecular flexibility index (Phi) is 4.77. The van der Waals surface area contributed by atoms with Gasteiger partial charge in [0.05, 0.1) is 6.07 Å². The standard InChI is InChI=1S/C16H12ClN3O2/c17-13-6-2-3-10(8-13)14(9-18)20-16(22)12-5-1-4-11(7-12)15(19)21/h1-8,14H,(H2,19,21)(H,20,22). The van der Waals surface area contributed by atoms with E-state index in [0.29, 0.717) is 10.6 Å². The summed E-state index contributed by atoms with van der Waals surface area (Å²) in [5, 5.41) is 12.3. The van der Waals surface area contributed by atoms with Crippen LogP contribution >= 0.6 is 11.6 Å². The van der Waals surface area contributed by atoms with Crippen LogP contribution in [0.1, 0.15) is 32.3 Å². The predicted molar refractivity (Wildman–Crippen MR) is 82.2 cm³/mol. The fourth-order valence-corrected chi connectivity index (χ4v) is 2.10. The number of nitrogens with zero attached hydrogens (tertiary/aromatic N) is 1. The van der Waals surface area contributed by atoms with Gasteiger partial charge in [-0.2, -0.15) is 5.26 Å². The maximum absolute atomic E-state index is 12.2. The van der Waals surface area contributed by atoms with Gasteiger partial charge in [0.15, 0.2) is 0 Å². The number of carbonyl (C=O) groups is 2. The van der Waals surface area contributed by atoms with Gasteiger partial charge in [0.25, 0.3) is 5.91 Å². The highest BCUT2D eigenvalue weighted by Gasteiger charge is 2.16. The SMILES string of the molecule is N#CC(NC(=O)c1cccc(C(N)=O)c1)c1cccc(Cl)c1. The molecule has 6 heteroatoms. The summed E-state index contributed by atoms with van der Waals surface area (Å²) in [6.07, 6.45) is 0. The molecule has 0 aliphatic carbocycles. The van der Waals surface area contributed by atoms with E-state index in [2.05, 4.69) is 5.32 Å². The average molecular weight is 314 g/mol. The van der Waals surface area contributed by atoms with Crippen LogP contribution in [0, 0.1) is 11.3 Å². The van der Waals surface area contributed by atoms with Gasteiger partial charge in [0, 0.05) is 16.1 Å². The van der Waals surface area contributed by atoms with Gasteiger partial charge in [0.1, 0.15) is 6.04 Å². The first kappa shape index (κ1) is 15.5. The maximum Gasteiger partial charge on any atom is 0.252 e. The number of amides is 2. The van der Waals surface area contributed by atoms with Crippen LogP contribution in [-0.2, 0) is 0 Å². The van der Waals surface area contributed by atoms with Crippen LogP contribution in [0.15, 0.2) is 48.5 Å². The lowest BCUT2D eigenvalue weighted by Gasteiger charge is -2.12. The minimum atomic E-state index is -0.844. The lowest BCUT2D eigenvalue weighted by molar-refractivity contribution is 0.0945. The van der Waals surface area contributed by atoms with E-state index in [1.54, 1.807) is 30.3 Å². The molecule has 0 bridgehead atoms. The monoisotopic (exact) mass is 313 g/mol. The molecule has 0 aliphatic heterocycles. The Hall–Kier alpha value is -2.84. The van der Waals surface area contributed by atoms with Gasteiger partial charge in [-0.1, -0.05) is 29.8 Å². The predicted octanol–water partition coefficient (Wildman–Crippen LogP) is 2.43. The van der Waals surface area contributed by atoms with E-state index in [4.69, 9.17) is 17.3 Å². The van der Waals surface area contributed by atoms with Crippen molar-refractivity contribution in [3.05, 3.63) is 70.2 Å². The van der Waals surface area contributed by atoms with Crippen molar-refractivity contribution in [2.45, 2.75) is 6.04 Å². The first-order chi connectivity index (χ1) is 10.5. The van der Waals surface area contributed by atoms with Crippen molar-refractivity contribution < 1.29 is 9.59 Å². The van der Waals surface area contributed by atoms with E-state index in [-0.39, 0.29) is 11.1 Å². The van der Waals surface area contributed by atoms with Gasteiger partial charge >= 0.3 is 0 Å². The second-order valence-electron chi connectivity index (χ2n) is 4.54. The Morgan fingerprint density at radius 3 is 2.45 bits per heavy atom. The summed E-state index contributed by atoms with van der Waals surface area (Å²) in [5.74, 6) is -1.10. The topological polar surface area (TPSA) is 96.0 Å². The molecule has 0 radical (unpaired) electrons. The molecule has 5 nitrogen and oxygen atoms in total. The molecule has 0 aliphatic rings. The third-order valence-corrected chi connectivity index (χ3v) is 3.23. The first-order valence-corrected chi connectivity index (χ1v) is 6.75. The maximum atomic E-state index is 12.2. The number of hydrogen-bond donors (Lipinski definition) is 2. The molecule has 0 saturated heterocycles. The number of halogens is 1. The number of nitrogens with two attached hydrogens (primary N) is 1. The molecule has 1 unspecified atom stereocenters. The Morgan fingerprint density at radius 2 is 1.82 bits per heavy atom. The average Bonchev–Trinajstić information content (AvgIpc) is 2.52. The van der Waals surface area contributed by atoms with Gasteiger partial charge in [-0.25, -0.2) is 0 Å². The quantitative estimate of drug-likeness (QED) is 0.907. The van der Waals surface area contributed by atoms with E-state index in [1.165, 1.54) is 18.2 Å². The fraction of sp³-hybridized carbons (Fsp3) is 0.0625. The second-order valence-corrected chi connectivity index (χ2v) is 4.97. The van der Waals surface area contributed by atoms with Crippen molar-refractivity contribution in [2.24, 2.45) is 5.73 Å². The summed E-state index contributed by atoms with van der Waals surface area (Å²) in [6.45, 7) is 0. The normalized spacial score (nSPS) is 11.3. The number of carbonyl (C=O) groups excluding carboxylic acids is 2. The van der Waals surface area contributed by atoms with E-state index in [0.717, 1.165) is 0 Å². The Morgan fingerprint density at radius 1 is 1.14 bits per heavy atom. The zero-order chi connectivity index (χ0) is 16.1. The molecule has 1 atom stereocenters. The van der Waals surface area contributed by atoms with Crippen molar-refractivity contribution >= 4 is 23.4 Å². The summed E-state index contributed by atoms with van der Waals surface area (Å²) in [4.78, 5) is 23.3.